The monoisotopic (exact) mass is 327 g/mol. The van der Waals surface area contributed by atoms with Crippen LogP contribution in [0.5, 0.6) is 0 Å². The number of hydrogen-bond donors (Lipinski definition) is 2. The van der Waals surface area contributed by atoms with Crippen molar-refractivity contribution in [3.05, 3.63) is 33.8 Å². The lowest BCUT2D eigenvalue weighted by molar-refractivity contribution is -0.121. The van der Waals surface area contributed by atoms with Crippen LogP contribution in [-0.2, 0) is 11.2 Å². The van der Waals surface area contributed by atoms with Crippen LogP contribution in [0, 0.1) is 12.3 Å². The maximum atomic E-state index is 11.8. The maximum Gasteiger partial charge on any atom is 0.224 e. The first-order chi connectivity index (χ1) is 8.70. The lowest BCUT2D eigenvalue weighted by Crippen LogP contribution is -2.39. The summed E-state index contributed by atoms with van der Waals surface area (Å²) in [6.45, 7) is 8.11. The van der Waals surface area contributed by atoms with Crippen LogP contribution < -0.4 is 5.32 Å². The third-order valence-corrected chi connectivity index (χ3v) is 3.64. The van der Waals surface area contributed by atoms with Crippen molar-refractivity contribution in [3.63, 3.8) is 0 Å². The molecule has 1 aromatic carbocycles. The van der Waals surface area contributed by atoms with Crippen molar-refractivity contribution in [1.82, 2.24) is 5.32 Å². The number of amides is 1. The zero-order valence-corrected chi connectivity index (χ0v) is 13.5. The van der Waals surface area contributed by atoms with E-state index in [0.29, 0.717) is 6.42 Å². The van der Waals surface area contributed by atoms with E-state index in [-0.39, 0.29) is 17.9 Å². The number of aliphatic hydroxyl groups is 1. The van der Waals surface area contributed by atoms with Crippen molar-refractivity contribution in [2.45, 2.75) is 40.2 Å². The van der Waals surface area contributed by atoms with Gasteiger partial charge >= 0.3 is 0 Å². The Morgan fingerprint density at radius 2 is 2.05 bits per heavy atom. The Bertz CT molecular complexity index is 452. The Morgan fingerprint density at radius 3 is 2.58 bits per heavy atom. The van der Waals surface area contributed by atoms with Crippen LogP contribution in [0.2, 0.25) is 0 Å². The molecule has 4 heteroatoms. The van der Waals surface area contributed by atoms with Crippen LogP contribution in [0.1, 0.15) is 31.9 Å². The van der Waals surface area contributed by atoms with Crippen molar-refractivity contribution < 1.29 is 9.90 Å². The quantitative estimate of drug-likeness (QED) is 0.893. The van der Waals surface area contributed by atoms with Gasteiger partial charge in [0.1, 0.15) is 0 Å². The molecule has 2 N–H and O–H groups in total. The summed E-state index contributed by atoms with van der Waals surface area (Å²) in [6.07, 6.45) is -0.196. The average Bonchev–Trinajstić information content (AvgIpc) is 2.28. The van der Waals surface area contributed by atoms with Crippen LogP contribution in [0.3, 0.4) is 0 Å². The lowest BCUT2D eigenvalue weighted by Gasteiger charge is -2.25. The molecule has 0 radical (unpaired) electrons. The Kier molecular flexibility index (Phi) is 5.56. The molecule has 0 aliphatic heterocycles. The second-order valence-electron chi connectivity index (χ2n) is 5.93. The summed E-state index contributed by atoms with van der Waals surface area (Å²) < 4.78 is 1.01. The van der Waals surface area contributed by atoms with E-state index in [0.717, 1.165) is 15.6 Å². The number of carbonyl (C=O) groups excluding carboxylic acids is 1. The lowest BCUT2D eigenvalue weighted by atomic mass is 9.89. The van der Waals surface area contributed by atoms with Crippen molar-refractivity contribution in [3.8, 4) is 0 Å². The van der Waals surface area contributed by atoms with E-state index in [9.17, 15) is 9.90 Å². The maximum absolute atomic E-state index is 11.8. The van der Waals surface area contributed by atoms with E-state index in [1.165, 1.54) is 0 Å². The summed E-state index contributed by atoms with van der Waals surface area (Å²) in [7, 11) is 0. The molecule has 3 nitrogen and oxygen atoms in total. The van der Waals surface area contributed by atoms with E-state index in [1.807, 2.05) is 45.9 Å². The third-order valence-electron chi connectivity index (χ3n) is 3.15. The highest BCUT2D eigenvalue weighted by Crippen LogP contribution is 2.18. The fraction of sp³-hybridized carbons (Fsp3) is 0.533. The minimum absolute atomic E-state index is 0.0614. The molecule has 0 bridgehead atoms. The van der Waals surface area contributed by atoms with E-state index < -0.39 is 6.10 Å². The number of halogens is 1. The summed E-state index contributed by atoms with van der Waals surface area (Å²) in [5.41, 5.74) is 1.87. The van der Waals surface area contributed by atoms with Gasteiger partial charge in [0.2, 0.25) is 5.91 Å². The van der Waals surface area contributed by atoms with Crippen LogP contribution in [0.25, 0.3) is 0 Å². The van der Waals surface area contributed by atoms with E-state index >= 15 is 0 Å². The highest BCUT2D eigenvalue weighted by molar-refractivity contribution is 9.10. The number of benzene rings is 1. The zero-order valence-electron chi connectivity index (χ0n) is 12.0. The molecule has 0 saturated carbocycles. The number of aliphatic hydroxyl groups excluding tert-OH is 1. The van der Waals surface area contributed by atoms with E-state index in [4.69, 9.17) is 0 Å². The highest BCUT2D eigenvalue weighted by atomic mass is 79.9. The van der Waals surface area contributed by atoms with E-state index in [2.05, 4.69) is 21.2 Å². The first kappa shape index (κ1) is 16.2. The minimum Gasteiger partial charge on any atom is -0.391 e. The third kappa shape index (κ3) is 5.33. The van der Waals surface area contributed by atoms with Gasteiger partial charge in [0.05, 0.1) is 12.5 Å². The molecule has 0 saturated heterocycles. The number of carbonyl (C=O) groups is 1. The predicted octanol–water partition coefficient (Wildman–Crippen LogP) is 2.82. The zero-order chi connectivity index (χ0) is 14.6. The standard InChI is InChI=1S/C15H22BrNO2/c1-10-7-12(16)6-5-11(10)8-14(19)17-9-13(18)15(2,3)4/h5-7,13,18H,8-9H2,1-4H3,(H,17,19). The molecule has 1 unspecified atom stereocenters. The average molecular weight is 328 g/mol. The molecule has 19 heavy (non-hydrogen) atoms. The molecule has 1 rings (SSSR count). The molecule has 1 amide bonds. The van der Waals surface area contributed by atoms with Crippen LogP contribution >= 0.6 is 15.9 Å². The van der Waals surface area contributed by atoms with Crippen LogP contribution in [-0.4, -0.2) is 23.7 Å². The first-order valence-corrected chi connectivity index (χ1v) is 7.19. The normalized spacial score (nSPS) is 13.2. The van der Waals surface area contributed by atoms with E-state index in [1.54, 1.807) is 0 Å². The smallest absolute Gasteiger partial charge is 0.224 e. The first-order valence-electron chi connectivity index (χ1n) is 6.40. The number of hydrogen-bond acceptors (Lipinski definition) is 2. The summed E-state index contributed by atoms with van der Waals surface area (Å²) in [5, 5.41) is 12.6. The molecular formula is C15H22BrNO2. The Morgan fingerprint density at radius 1 is 1.42 bits per heavy atom. The molecule has 0 aliphatic carbocycles. The Hall–Kier alpha value is -0.870. The minimum atomic E-state index is -0.539. The van der Waals surface area contributed by atoms with Crippen molar-refractivity contribution in [2.75, 3.05) is 6.54 Å². The van der Waals surface area contributed by atoms with Crippen LogP contribution in [0.4, 0.5) is 0 Å². The molecule has 1 aromatic rings. The molecule has 0 spiro atoms. The largest absolute Gasteiger partial charge is 0.391 e. The summed E-state index contributed by atoms with van der Waals surface area (Å²) in [5.74, 6) is -0.0614. The summed E-state index contributed by atoms with van der Waals surface area (Å²) in [4.78, 5) is 11.8. The fourth-order valence-electron chi connectivity index (χ4n) is 1.61. The molecular weight excluding hydrogens is 306 g/mol. The highest BCUT2D eigenvalue weighted by Gasteiger charge is 2.22. The summed E-state index contributed by atoms with van der Waals surface area (Å²) in [6, 6.07) is 5.87. The molecule has 0 fully saturated rings. The van der Waals surface area contributed by atoms with Gasteiger partial charge in [0.25, 0.3) is 0 Å². The van der Waals surface area contributed by atoms with Gasteiger partial charge in [0.15, 0.2) is 0 Å². The van der Waals surface area contributed by atoms with Crippen molar-refractivity contribution in [2.24, 2.45) is 5.41 Å². The molecule has 0 aliphatic rings. The predicted molar refractivity (Wildman–Crippen MR) is 81.1 cm³/mol. The van der Waals surface area contributed by atoms with Crippen molar-refractivity contribution >= 4 is 21.8 Å². The topological polar surface area (TPSA) is 49.3 Å². The van der Waals surface area contributed by atoms with Gasteiger partial charge < -0.3 is 10.4 Å². The van der Waals surface area contributed by atoms with Crippen molar-refractivity contribution in [1.29, 1.82) is 0 Å². The number of aryl methyl sites for hydroxylation is 1. The second-order valence-corrected chi connectivity index (χ2v) is 6.85. The van der Waals surface area contributed by atoms with Gasteiger partial charge in [-0.1, -0.05) is 42.8 Å². The Labute approximate surface area is 123 Å². The van der Waals surface area contributed by atoms with Gasteiger partial charge in [-0.25, -0.2) is 0 Å². The molecule has 0 aromatic heterocycles. The number of nitrogens with one attached hydrogen (secondary N) is 1. The van der Waals surface area contributed by atoms with Crippen LogP contribution in [0.15, 0.2) is 22.7 Å². The van der Waals surface area contributed by atoms with Gasteiger partial charge in [-0.15, -0.1) is 0 Å². The SMILES string of the molecule is Cc1cc(Br)ccc1CC(=O)NCC(O)C(C)(C)C. The van der Waals surface area contributed by atoms with Gasteiger partial charge in [-0.3, -0.25) is 4.79 Å². The molecule has 106 valence electrons. The summed E-state index contributed by atoms with van der Waals surface area (Å²) >= 11 is 3.40. The Balaban J connectivity index is 2.52. The fourth-order valence-corrected chi connectivity index (χ4v) is 2.09. The number of rotatable bonds is 4. The second kappa shape index (κ2) is 6.53. The van der Waals surface area contributed by atoms with Gasteiger partial charge in [0, 0.05) is 11.0 Å². The van der Waals surface area contributed by atoms with Gasteiger partial charge in [-0.05, 0) is 35.6 Å². The molecule has 1 atom stereocenters. The van der Waals surface area contributed by atoms with Gasteiger partial charge in [-0.2, -0.15) is 0 Å². The molecule has 0 heterocycles.